The van der Waals surface area contributed by atoms with Gasteiger partial charge in [0.05, 0.1) is 11.8 Å². The van der Waals surface area contributed by atoms with E-state index in [4.69, 9.17) is 10.5 Å². The molecule has 0 aromatic heterocycles. The maximum Gasteiger partial charge on any atom is 0.0983 e. The lowest BCUT2D eigenvalue weighted by Crippen LogP contribution is -2.32. The average Bonchev–Trinajstić information content (AvgIpc) is 2.38. The van der Waals surface area contributed by atoms with Gasteiger partial charge in [-0.05, 0) is 24.8 Å². The summed E-state index contributed by atoms with van der Waals surface area (Å²) in [5.74, 6) is 0. The van der Waals surface area contributed by atoms with Gasteiger partial charge in [0.2, 0.25) is 0 Å². The highest BCUT2D eigenvalue weighted by Crippen LogP contribution is 2.22. The molecular weight excluding hydrogens is 212 g/mol. The maximum atomic E-state index is 6.05. The molecule has 1 aliphatic carbocycles. The third-order valence-electron chi connectivity index (χ3n) is 3.19. The molecule has 3 nitrogen and oxygen atoms in total. The van der Waals surface area contributed by atoms with E-state index in [1.807, 2.05) is 18.2 Å². The highest BCUT2D eigenvalue weighted by molar-refractivity contribution is 5.20. The summed E-state index contributed by atoms with van der Waals surface area (Å²) >= 11 is 0. The van der Waals surface area contributed by atoms with Gasteiger partial charge in [-0.2, -0.15) is 0 Å². The monoisotopic (exact) mass is 232 g/mol. The van der Waals surface area contributed by atoms with E-state index < -0.39 is 0 Å². The second-order valence-electron chi connectivity index (χ2n) is 4.39. The fourth-order valence-corrected chi connectivity index (χ4v) is 2.22. The van der Waals surface area contributed by atoms with Gasteiger partial charge < -0.3 is 15.8 Å². The summed E-state index contributed by atoms with van der Waals surface area (Å²) in [7, 11) is 1.74. The van der Waals surface area contributed by atoms with Crippen LogP contribution in [0.15, 0.2) is 41.7 Å². The standard InChI is InChI=1S/C14H20N2O/c1-17-13-9-5-8-12(15)14(13)16-10-11-6-3-2-4-7-11/h2-4,6-7,13,16H,5,8-10,15H2,1H3. The van der Waals surface area contributed by atoms with E-state index in [1.54, 1.807) is 7.11 Å². The van der Waals surface area contributed by atoms with Crippen LogP contribution in [0.25, 0.3) is 0 Å². The van der Waals surface area contributed by atoms with Gasteiger partial charge in [-0.1, -0.05) is 30.3 Å². The number of nitrogens with two attached hydrogens (primary N) is 1. The zero-order valence-corrected chi connectivity index (χ0v) is 10.3. The third-order valence-corrected chi connectivity index (χ3v) is 3.19. The Labute approximate surface area is 103 Å². The molecule has 0 amide bonds. The molecule has 0 aliphatic heterocycles. The quantitative estimate of drug-likeness (QED) is 0.836. The zero-order valence-electron chi connectivity index (χ0n) is 10.3. The molecule has 1 aromatic rings. The first-order valence-electron chi connectivity index (χ1n) is 6.10. The Morgan fingerprint density at radius 3 is 2.82 bits per heavy atom. The first-order chi connectivity index (χ1) is 8.31. The van der Waals surface area contributed by atoms with Crippen LogP contribution < -0.4 is 11.1 Å². The predicted octanol–water partition coefficient (Wildman–Crippen LogP) is 2.15. The van der Waals surface area contributed by atoms with Crippen molar-refractivity contribution in [2.24, 2.45) is 5.73 Å². The first-order valence-corrected chi connectivity index (χ1v) is 6.10. The van der Waals surface area contributed by atoms with Crippen molar-refractivity contribution in [3.63, 3.8) is 0 Å². The molecule has 0 fully saturated rings. The van der Waals surface area contributed by atoms with E-state index in [2.05, 4.69) is 17.4 Å². The number of ether oxygens (including phenoxy) is 1. The molecule has 92 valence electrons. The molecule has 1 aromatic carbocycles. The summed E-state index contributed by atoms with van der Waals surface area (Å²) in [6, 6.07) is 10.3. The Balaban J connectivity index is 2.01. The van der Waals surface area contributed by atoms with Crippen LogP contribution in [-0.2, 0) is 11.3 Å². The Morgan fingerprint density at radius 2 is 2.12 bits per heavy atom. The third kappa shape index (κ3) is 3.01. The highest BCUT2D eigenvalue weighted by Gasteiger charge is 2.20. The lowest BCUT2D eigenvalue weighted by molar-refractivity contribution is 0.109. The smallest absolute Gasteiger partial charge is 0.0983 e. The van der Waals surface area contributed by atoms with E-state index in [9.17, 15) is 0 Å². The molecule has 1 atom stereocenters. The highest BCUT2D eigenvalue weighted by atomic mass is 16.5. The number of rotatable bonds is 4. The minimum Gasteiger partial charge on any atom is -0.401 e. The van der Waals surface area contributed by atoms with Crippen LogP contribution in [0.1, 0.15) is 24.8 Å². The van der Waals surface area contributed by atoms with Crippen LogP contribution in [-0.4, -0.2) is 13.2 Å². The van der Waals surface area contributed by atoms with Gasteiger partial charge in [-0.15, -0.1) is 0 Å². The van der Waals surface area contributed by atoms with Crippen LogP contribution in [0.2, 0.25) is 0 Å². The minimum absolute atomic E-state index is 0.132. The van der Waals surface area contributed by atoms with Crippen molar-refractivity contribution < 1.29 is 4.74 Å². The van der Waals surface area contributed by atoms with E-state index in [1.165, 1.54) is 5.56 Å². The van der Waals surface area contributed by atoms with Gasteiger partial charge in [0, 0.05) is 19.4 Å². The van der Waals surface area contributed by atoms with Crippen molar-refractivity contribution in [1.82, 2.24) is 5.32 Å². The number of methoxy groups -OCH3 is 1. The fraction of sp³-hybridized carbons (Fsp3) is 0.429. The average molecular weight is 232 g/mol. The molecular formula is C14H20N2O. The van der Waals surface area contributed by atoms with Gasteiger partial charge in [0.25, 0.3) is 0 Å². The summed E-state index contributed by atoms with van der Waals surface area (Å²) in [6.07, 6.45) is 3.26. The van der Waals surface area contributed by atoms with Crippen molar-refractivity contribution in [1.29, 1.82) is 0 Å². The Hall–Kier alpha value is -1.48. The maximum absolute atomic E-state index is 6.05. The summed E-state index contributed by atoms with van der Waals surface area (Å²) in [4.78, 5) is 0. The summed E-state index contributed by atoms with van der Waals surface area (Å²) in [5, 5.41) is 3.42. The number of hydrogen-bond acceptors (Lipinski definition) is 3. The molecule has 0 bridgehead atoms. The van der Waals surface area contributed by atoms with E-state index >= 15 is 0 Å². The molecule has 17 heavy (non-hydrogen) atoms. The number of benzene rings is 1. The summed E-state index contributed by atoms with van der Waals surface area (Å²) < 4.78 is 5.46. The molecule has 0 spiro atoms. The number of nitrogens with one attached hydrogen (secondary N) is 1. The Bertz CT molecular complexity index is 386. The molecule has 1 aliphatic rings. The van der Waals surface area contributed by atoms with E-state index in [0.29, 0.717) is 0 Å². The molecule has 0 heterocycles. The molecule has 0 saturated carbocycles. The lowest BCUT2D eigenvalue weighted by Gasteiger charge is -2.27. The fourth-order valence-electron chi connectivity index (χ4n) is 2.22. The minimum atomic E-state index is 0.132. The van der Waals surface area contributed by atoms with Gasteiger partial charge in [0.1, 0.15) is 0 Å². The van der Waals surface area contributed by atoms with Crippen LogP contribution in [0.4, 0.5) is 0 Å². The molecule has 3 heteroatoms. The van der Waals surface area contributed by atoms with Crippen molar-refractivity contribution >= 4 is 0 Å². The number of hydrogen-bond donors (Lipinski definition) is 2. The Kier molecular flexibility index (Phi) is 4.04. The van der Waals surface area contributed by atoms with Gasteiger partial charge >= 0.3 is 0 Å². The second kappa shape index (κ2) is 5.73. The number of allylic oxidation sites excluding steroid dienone is 1. The van der Waals surface area contributed by atoms with Crippen LogP contribution in [0.5, 0.6) is 0 Å². The van der Waals surface area contributed by atoms with Crippen molar-refractivity contribution in [2.45, 2.75) is 31.9 Å². The SMILES string of the molecule is COC1CCCC(N)=C1NCc1ccccc1. The summed E-state index contributed by atoms with van der Waals surface area (Å²) in [6.45, 7) is 0.802. The van der Waals surface area contributed by atoms with E-state index in [-0.39, 0.29) is 6.10 Å². The van der Waals surface area contributed by atoms with Crippen molar-refractivity contribution in [2.75, 3.05) is 7.11 Å². The molecule has 1 unspecified atom stereocenters. The molecule has 2 rings (SSSR count). The second-order valence-corrected chi connectivity index (χ2v) is 4.39. The van der Waals surface area contributed by atoms with Gasteiger partial charge in [-0.25, -0.2) is 0 Å². The lowest BCUT2D eigenvalue weighted by atomic mass is 9.98. The van der Waals surface area contributed by atoms with Gasteiger partial charge in [0.15, 0.2) is 0 Å². The normalized spacial score (nSPS) is 20.4. The molecule has 0 saturated heterocycles. The first kappa shape index (κ1) is 12.0. The largest absolute Gasteiger partial charge is 0.401 e. The van der Waals surface area contributed by atoms with Crippen LogP contribution >= 0.6 is 0 Å². The predicted molar refractivity (Wildman–Crippen MR) is 69.1 cm³/mol. The van der Waals surface area contributed by atoms with Crippen molar-refractivity contribution in [3.8, 4) is 0 Å². The van der Waals surface area contributed by atoms with E-state index in [0.717, 1.165) is 37.2 Å². The Morgan fingerprint density at radius 1 is 1.35 bits per heavy atom. The molecule has 3 N–H and O–H groups in total. The van der Waals surface area contributed by atoms with Crippen LogP contribution in [0.3, 0.4) is 0 Å². The zero-order chi connectivity index (χ0) is 12.1. The summed E-state index contributed by atoms with van der Waals surface area (Å²) in [5.41, 5.74) is 9.32. The topological polar surface area (TPSA) is 47.3 Å². The van der Waals surface area contributed by atoms with Crippen molar-refractivity contribution in [3.05, 3.63) is 47.3 Å². The van der Waals surface area contributed by atoms with Gasteiger partial charge in [-0.3, -0.25) is 0 Å². The van der Waals surface area contributed by atoms with Crippen LogP contribution in [0, 0.1) is 0 Å². The molecule has 0 radical (unpaired) electrons.